The van der Waals surface area contributed by atoms with Crippen LogP contribution in [0.5, 0.6) is 0 Å². The van der Waals surface area contributed by atoms with Crippen LogP contribution in [0, 0.1) is 19.8 Å². The van der Waals surface area contributed by atoms with Gasteiger partial charge in [-0.1, -0.05) is 25.1 Å². The lowest BCUT2D eigenvalue weighted by molar-refractivity contribution is 0.250. The Kier molecular flexibility index (Phi) is 5.20. The van der Waals surface area contributed by atoms with E-state index < -0.39 is 0 Å². The second-order valence-corrected chi connectivity index (χ2v) is 5.25. The van der Waals surface area contributed by atoms with Crippen LogP contribution in [-0.2, 0) is 5.75 Å². The molecule has 15 heavy (non-hydrogen) atoms. The van der Waals surface area contributed by atoms with Gasteiger partial charge in [-0.3, -0.25) is 0 Å². The van der Waals surface area contributed by atoms with Gasteiger partial charge in [-0.2, -0.15) is 11.8 Å². The van der Waals surface area contributed by atoms with Gasteiger partial charge in [0.05, 0.1) is 0 Å². The molecular formula is C13H20OS. The van der Waals surface area contributed by atoms with Gasteiger partial charge in [-0.05, 0) is 42.2 Å². The molecule has 1 atom stereocenters. The zero-order valence-corrected chi connectivity index (χ0v) is 10.6. The summed E-state index contributed by atoms with van der Waals surface area (Å²) in [5, 5.41) is 8.90. The van der Waals surface area contributed by atoms with E-state index in [0.717, 1.165) is 11.5 Å². The van der Waals surface area contributed by atoms with Crippen molar-refractivity contribution in [3.05, 3.63) is 34.9 Å². The topological polar surface area (TPSA) is 20.2 Å². The summed E-state index contributed by atoms with van der Waals surface area (Å²) in [6.45, 7) is 6.66. The van der Waals surface area contributed by atoms with E-state index in [1.165, 1.54) is 16.7 Å². The predicted octanol–water partition coefficient (Wildman–Crippen LogP) is 3.17. The molecule has 1 rings (SSSR count). The molecule has 0 aliphatic rings. The minimum atomic E-state index is 0.292. The van der Waals surface area contributed by atoms with Gasteiger partial charge in [0.1, 0.15) is 0 Å². The van der Waals surface area contributed by atoms with Crippen molar-refractivity contribution in [3.63, 3.8) is 0 Å². The first-order chi connectivity index (χ1) is 7.13. The highest BCUT2D eigenvalue weighted by molar-refractivity contribution is 7.98. The molecule has 0 saturated carbocycles. The minimum absolute atomic E-state index is 0.292. The van der Waals surface area contributed by atoms with Crippen LogP contribution in [0.3, 0.4) is 0 Å². The van der Waals surface area contributed by atoms with Gasteiger partial charge >= 0.3 is 0 Å². The van der Waals surface area contributed by atoms with E-state index in [9.17, 15) is 0 Å². The number of rotatable bonds is 5. The molecule has 0 amide bonds. The van der Waals surface area contributed by atoms with Gasteiger partial charge in [-0.15, -0.1) is 0 Å². The smallest absolute Gasteiger partial charge is 0.0464 e. The quantitative estimate of drug-likeness (QED) is 0.829. The summed E-state index contributed by atoms with van der Waals surface area (Å²) in [6, 6.07) is 6.63. The van der Waals surface area contributed by atoms with Gasteiger partial charge < -0.3 is 5.11 Å². The summed E-state index contributed by atoms with van der Waals surface area (Å²) in [5.41, 5.74) is 4.10. The summed E-state index contributed by atoms with van der Waals surface area (Å²) in [5.74, 6) is 2.48. The summed E-state index contributed by atoms with van der Waals surface area (Å²) in [4.78, 5) is 0. The fourth-order valence-electron chi connectivity index (χ4n) is 1.32. The average molecular weight is 224 g/mol. The number of aryl methyl sites for hydroxylation is 2. The van der Waals surface area contributed by atoms with Crippen molar-refractivity contribution in [2.24, 2.45) is 5.92 Å². The van der Waals surface area contributed by atoms with E-state index in [2.05, 4.69) is 39.0 Å². The SMILES string of the molecule is Cc1ccc(CSCC(C)CO)cc1C. The third kappa shape index (κ3) is 4.27. The fraction of sp³-hybridized carbons (Fsp3) is 0.538. The molecule has 1 aromatic rings. The number of aliphatic hydroxyl groups is 1. The van der Waals surface area contributed by atoms with Crippen LogP contribution in [0.25, 0.3) is 0 Å². The van der Waals surface area contributed by atoms with Crippen LogP contribution < -0.4 is 0 Å². The Morgan fingerprint density at radius 2 is 2.00 bits per heavy atom. The second kappa shape index (κ2) is 6.19. The Bertz CT molecular complexity index is 309. The van der Waals surface area contributed by atoms with Crippen molar-refractivity contribution < 1.29 is 5.11 Å². The first-order valence-corrected chi connectivity index (χ1v) is 6.53. The standard InChI is InChI=1S/C13H20OS/c1-10(7-14)8-15-9-13-5-4-11(2)12(3)6-13/h4-6,10,14H,7-9H2,1-3H3. The maximum absolute atomic E-state index is 8.90. The highest BCUT2D eigenvalue weighted by atomic mass is 32.2. The van der Waals surface area contributed by atoms with Crippen LogP contribution >= 0.6 is 11.8 Å². The highest BCUT2D eigenvalue weighted by Gasteiger charge is 2.01. The molecule has 0 aromatic heterocycles. The molecule has 0 heterocycles. The monoisotopic (exact) mass is 224 g/mol. The number of hydrogen-bond acceptors (Lipinski definition) is 2. The van der Waals surface area contributed by atoms with Crippen LogP contribution in [0.2, 0.25) is 0 Å². The van der Waals surface area contributed by atoms with Gasteiger partial charge in [0.2, 0.25) is 0 Å². The molecule has 1 nitrogen and oxygen atoms in total. The number of aliphatic hydroxyl groups excluding tert-OH is 1. The maximum Gasteiger partial charge on any atom is 0.0464 e. The summed E-state index contributed by atoms with van der Waals surface area (Å²) >= 11 is 1.89. The molecule has 2 heteroatoms. The first kappa shape index (κ1) is 12.6. The molecule has 1 aromatic carbocycles. The number of thioether (sulfide) groups is 1. The van der Waals surface area contributed by atoms with Crippen LogP contribution in [0.15, 0.2) is 18.2 Å². The van der Waals surface area contributed by atoms with Crippen molar-refractivity contribution in [2.75, 3.05) is 12.4 Å². The summed E-state index contributed by atoms with van der Waals surface area (Å²) in [6.07, 6.45) is 0. The van der Waals surface area contributed by atoms with Crippen LogP contribution in [0.4, 0.5) is 0 Å². The van der Waals surface area contributed by atoms with Crippen molar-refractivity contribution >= 4 is 11.8 Å². The Balaban J connectivity index is 2.41. The molecule has 0 saturated heterocycles. The van der Waals surface area contributed by atoms with E-state index >= 15 is 0 Å². The average Bonchev–Trinajstić information content (AvgIpc) is 2.23. The lowest BCUT2D eigenvalue weighted by atomic mass is 10.1. The summed E-state index contributed by atoms with van der Waals surface area (Å²) < 4.78 is 0. The Labute approximate surface area is 96.9 Å². The van der Waals surface area contributed by atoms with Crippen molar-refractivity contribution in [2.45, 2.75) is 26.5 Å². The number of hydrogen-bond donors (Lipinski definition) is 1. The predicted molar refractivity (Wildman–Crippen MR) is 68.3 cm³/mol. The molecule has 0 bridgehead atoms. The van der Waals surface area contributed by atoms with Gasteiger partial charge in [-0.25, -0.2) is 0 Å². The van der Waals surface area contributed by atoms with Crippen LogP contribution in [0.1, 0.15) is 23.6 Å². The molecule has 0 radical (unpaired) electrons. The molecule has 1 unspecified atom stereocenters. The Morgan fingerprint density at radius 1 is 1.27 bits per heavy atom. The zero-order valence-electron chi connectivity index (χ0n) is 9.79. The van der Waals surface area contributed by atoms with E-state index in [1.807, 2.05) is 11.8 Å². The lowest BCUT2D eigenvalue weighted by Gasteiger charge is -2.08. The zero-order chi connectivity index (χ0) is 11.3. The van der Waals surface area contributed by atoms with Crippen LogP contribution in [-0.4, -0.2) is 17.5 Å². The minimum Gasteiger partial charge on any atom is -0.396 e. The van der Waals surface area contributed by atoms with Gasteiger partial charge in [0.15, 0.2) is 0 Å². The first-order valence-electron chi connectivity index (χ1n) is 5.38. The molecule has 0 fully saturated rings. The van der Waals surface area contributed by atoms with E-state index in [0.29, 0.717) is 12.5 Å². The molecule has 1 N–H and O–H groups in total. The Hall–Kier alpha value is -0.470. The maximum atomic E-state index is 8.90. The van der Waals surface area contributed by atoms with Crippen molar-refractivity contribution in [1.29, 1.82) is 0 Å². The molecule has 0 aliphatic heterocycles. The largest absolute Gasteiger partial charge is 0.396 e. The van der Waals surface area contributed by atoms with E-state index in [1.54, 1.807) is 0 Å². The van der Waals surface area contributed by atoms with Gasteiger partial charge in [0.25, 0.3) is 0 Å². The lowest BCUT2D eigenvalue weighted by Crippen LogP contribution is -2.03. The molecule has 0 aliphatic carbocycles. The second-order valence-electron chi connectivity index (χ2n) is 4.22. The molecule has 84 valence electrons. The number of benzene rings is 1. The normalized spacial score (nSPS) is 12.8. The third-order valence-corrected chi connectivity index (χ3v) is 3.90. The Morgan fingerprint density at radius 3 is 2.60 bits per heavy atom. The molecular weight excluding hydrogens is 204 g/mol. The van der Waals surface area contributed by atoms with Crippen molar-refractivity contribution in [3.8, 4) is 0 Å². The van der Waals surface area contributed by atoms with Gasteiger partial charge in [0, 0.05) is 12.4 Å². The van der Waals surface area contributed by atoms with Crippen molar-refractivity contribution in [1.82, 2.24) is 0 Å². The summed E-state index contributed by atoms with van der Waals surface area (Å²) in [7, 11) is 0. The fourth-order valence-corrected chi connectivity index (χ4v) is 2.36. The van der Waals surface area contributed by atoms with E-state index in [-0.39, 0.29) is 0 Å². The highest BCUT2D eigenvalue weighted by Crippen LogP contribution is 2.17. The molecule has 0 spiro atoms. The third-order valence-electron chi connectivity index (χ3n) is 2.55. The van der Waals surface area contributed by atoms with E-state index in [4.69, 9.17) is 5.11 Å².